The van der Waals surface area contributed by atoms with Crippen molar-refractivity contribution < 1.29 is 9.59 Å². The number of amides is 2. The Labute approximate surface area is 250 Å². The summed E-state index contributed by atoms with van der Waals surface area (Å²) in [7, 11) is 0. The summed E-state index contributed by atoms with van der Waals surface area (Å²) in [5.74, 6) is 0.0650. The van der Waals surface area contributed by atoms with Crippen LogP contribution in [0.1, 0.15) is 49.3 Å². The zero-order valence-electron chi connectivity index (χ0n) is 22.8. The number of hydrogen-bond donors (Lipinski definition) is 4. The molecule has 0 saturated carbocycles. The number of nitrogens with zero attached hydrogens (tertiary/aromatic N) is 3. The molecule has 0 unspecified atom stereocenters. The molecule has 1 saturated heterocycles. The lowest BCUT2D eigenvalue weighted by molar-refractivity contribution is -0.129. The number of nitrogens with one attached hydrogen (secondary N) is 4. The number of carbonyl (C=O) groups excluding carboxylic acids is 2. The van der Waals surface area contributed by atoms with E-state index >= 15 is 0 Å². The van der Waals surface area contributed by atoms with Crippen molar-refractivity contribution in [2.45, 2.75) is 44.2 Å². The predicted octanol–water partition coefficient (Wildman–Crippen LogP) is 4.03. The van der Waals surface area contributed by atoms with Gasteiger partial charge in [-0.1, -0.05) is 48.2 Å². The Morgan fingerprint density at radius 3 is 2.63 bits per heavy atom. The summed E-state index contributed by atoms with van der Waals surface area (Å²) in [6, 6.07) is 13.8. The summed E-state index contributed by atoms with van der Waals surface area (Å²) >= 11 is 12.5. The molecular weight excluding hydrogens is 561 g/mol. The van der Waals surface area contributed by atoms with Gasteiger partial charge in [0.05, 0.1) is 17.9 Å². The van der Waals surface area contributed by atoms with E-state index in [1.54, 1.807) is 17.3 Å². The Kier molecular flexibility index (Phi) is 8.39. The third-order valence-electron chi connectivity index (χ3n) is 8.27. The summed E-state index contributed by atoms with van der Waals surface area (Å²) in [6.45, 7) is 3.47. The molecule has 0 radical (unpaired) electrons. The number of rotatable bonds is 3. The van der Waals surface area contributed by atoms with Crippen molar-refractivity contribution in [1.29, 1.82) is 0 Å². The first kappa shape index (κ1) is 27.9. The van der Waals surface area contributed by atoms with Crippen molar-refractivity contribution in [1.82, 2.24) is 26.5 Å². The number of hydrazine groups is 2. The van der Waals surface area contributed by atoms with E-state index in [4.69, 9.17) is 23.2 Å². The molecule has 4 aliphatic rings. The van der Waals surface area contributed by atoms with Crippen LogP contribution in [0.2, 0.25) is 5.02 Å². The highest BCUT2D eigenvalue weighted by atomic mass is 35.5. The highest BCUT2D eigenvalue weighted by molar-refractivity contribution is 6.31. The Bertz CT molecular complexity index is 1380. The summed E-state index contributed by atoms with van der Waals surface area (Å²) < 4.78 is 0. The maximum Gasteiger partial charge on any atom is 0.247 e. The van der Waals surface area contributed by atoms with Crippen LogP contribution in [0.4, 0.5) is 11.4 Å². The molecule has 9 nitrogen and oxygen atoms in total. The van der Waals surface area contributed by atoms with E-state index in [1.165, 1.54) is 0 Å². The minimum atomic E-state index is -0.253. The van der Waals surface area contributed by atoms with Crippen LogP contribution in [0.5, 0.6) is 0 Å². The molecule has 2 aromatic rings. The van der Waals surface area contributed by atoms with Crippen LogP contribution in [-0.2, 0) is 9.59 Å². The number of hydrogen-bond acceptors (Lipinski definition) is 7. The molecule has 6 rings (SSSR count). The van der Waals surface area contributed by atoms with Gasteiger partial charge in [-0.05, 0) is 60.7 Å². The van der Waals surface area contributed by atoms with Gasteiger partial charge in [-0.15, -0.1) is 5.53 Å². The van der Waals surface area contributed by atoms with Crippen molar-refractivity contribution in [3.63, 3.8) is 0 Å². The zero-order chi connectivity index (χ0) is 28.3. The highest BCUT2D eigenvalue weighted by Gasteiger charge is 2.32. The Hall–Kier alpha value is -3.24. The number of carbonyl (C=O) groups is 2. The Morgan fingerprint density at radius 2 is 1.80 bits per heavy atom. The quantitative estimate of drug-likeness (QED) is 0.398. The number of anilines is 2. The molecule has 2 bridgehead atoms. The van der Waals surface area contributed by atoms with Gasteiger partial charge in [-0.25, -0.2) is 0 Å². The van der Waals surface area contributed by atoms with E-state index in [-0.39, 0.29) is 23.9 Å². The van der Waals surface area contributed by atoms with Crippen LogP contribution >= 0.6 is 23.2 Å². The van der Waals surface area contributed by atoms with Crippen molar-refractivity contribution in [3.8, 4) is 0 Å². The van der Waals surface area contributed by atoms with Crippen molar-refractivity contribution in [2.24, 2.45) is 0 Å². The van der Waals surface area contributed by atoms with Crippen LogP contribution < -0.4 is 31.5 Å². The van der Waals surface area contributed by atoms with Crippen molar-refractivity contribution in [2.75, 3.05) is 42.6 Å². The summed E-state index contributed by atoms with van der Waals surface area (Å²) in [5, 5.41) is 9.37. The van der Waals surface area contributed by atoms with Crippen LogP contribution in [0.25, 0.3) is 5.57 Å². The van der Waals surface area contributed by atoms with Gasteiger partial charge in [0.15, 0.2) is 0 Å². The second-order valence-electron chi connectivity index (χ2n) is 10.9. The van der Waals surface area contributed by atoms with E-state index in [0.717, 1.165) is 66.8 Å². The Morgan fingerprint density at radius 1 is 0.902 bits per heavy atom. The molecule has 2 amide bonds. The first-order chi connectivity index (χ1) is 20.0. The molecule has 11 heteroatoms. The number of halogens is 2. The van der Waals surface area contributed by atoms with Gasteiger partial charge in [0.2, 0.25) is 11.8 Å². The molecule has 216 valence electrons. The molecule has 41 heavy (non-hydrogen) atoms. The predicted molar refractivity (Wildman–Crippen MR) is 163 cm³/mol. The molecule has 2 atom stereocenters. The van der Waals surface area contributed by atoms with E-state index in [9.17, 15) is 9.59 Å². The highest BCUT2D eigenvalue weighted by Crippen LogP contribution is 2.38. The Balaban J connectivity index is 1.30. The molecule has 4 aliphatic heterocycles. The summed E-state index contributed by atoms with van der Waals surface area (Å²) in [4.78, 5) is 31.0. The van der Waals surface area contributed by atoms with E-state index in [0.29, 0.717) is 36.2 Å². The number of fused-ring (bicyclic) bond motifs is 4. The standard InChI is InChI=1S/C30H35Cl2N7O2/c31-22-8-9-26(39-19-28(32)35-36-39)24(17-22)20-10-13-38(29(40)16-20)25-7-2-1-3-11-34-30(41)27-18-33-12-14-37(27)23-6-4-5-21(25)15-23/h4-6,8-9,15-17,19,25,27,33,35-36H,1-3,7,10-14,18H2,(H,34,41)/t25-,27+/m0/s1. The molecule has 0 spiro atoms. The maximum atomic E-state index is 13.8. The molecule has 4 heterocycles. The SMILES string of the molecule is O=C1NCCCCC[C@H](N2CCC(c3cc(Cl)ccc3N3C=C(Cl)NN3)=CC2=O)c2cccc(c2)N2CCNC[C@H]12. The topological polar surface area (TPSA) is 92.0 Å². The fourth-order valence-corrected chi connectivity index (χ4v) is 6.52. The van der Waals surface area contributed by atoms with Crippen LogP contribution in [0.3, 0.4) is 0 Å². The summed E-state index contributed by atoms with van der Waals surface area (Å²) in [6.07, 6.45) is 7.96. The third-order valence-corrected chi connectivity index (χ3v) is 8.69. The van der Waals surface area contributed by atoms with E-state index < -0.39 is 0 Å². The average Bonchev–Trinajstić information content (AvgIpc) is 3.42. The number of piperazine rings is 1. The minimum absolute atomic E-state index is 0.00475. The van der Waals surface area contributed by atoms with E-state index in [2.05, 4.69) is 50.8 Å². The van der Waals surface area contributed by atoms with Gasteiger partial charge in [0.25, 0.3) is 0 Å². The first-order valence-electron chi connectivity index (χ1n) is 14.3. The van der Waals surface area contributed by atoms with Crippen LogP contribution in [-0.4, -0.2) is 55.5 Å². The largest absolute Gasteiger partial charge is 0.357 e. The minimum Gasteiger partial charge on any atom is -0.357 e. The van der Waals surface area contributed by atoms with Crippen LogP contribution in [0.15, 0.2) is 59.9 Å². The molecule has 1 fully saturated rings. The van der Waals surface area contributed by atoms with Crippen LogP contribution in [0, 0.1) is 0 Å². The average molecular weight is 597 g/mol. The van der Waals surface area contributed by atoms with Crippen molar-refractivity contribution >= 4 is 52.0 Å². The van der Waals surface area contributed by atoms with Gasteiger partial charge in [-0.3, -0.25) is 20.0 Å². The second-order valence-corrected chi connectivity index (χ2v) is 11.7. The fourth-order valence-electron chi connectivity index (χ4n) is 6.20. The molecule has 0 aromatic heterocycles. The summed E-state index contributed by atoms with van der Waals surface area (Å²) in [5.41, 5.74) is 10.7. The molecular formula is C30H35Cl2N7O2. The maximum absolute atomic E-state index is 13.8. The first-order valence-corrected chi connectivity index (χ1v) is 15.1. The van der Waals surface area contributed by atoms with Gasteiger partial charge < -0.3 is 20.4 Å². The smallest absolute Gasteiger partial charge is 0.247 e. The fraction of sp³-hybridized carbons (Fsp3) is 0.400. The lowest BCUT2D eigenvalue weighted by Gasteiger charge is -2.38. The monoisotopic (exact) mass is 595 g/mol. The molecule has 0 aliphatic carbocycles. The lowest BCUT2D eigenvalue weighted by atomic mass is 9.93. The number of benzene rings is 2. The zero-order valence-corrected chi connectivity index (χ0v) is 24.3. The van der Waals surface area contributed by atoms with Gasteiger partial charge >= 0.3 is 0 Å². The van der Waals surface area contributed by atoms with Crippen molar-refractivity contribution in [3.05, 3.63) is 76.0 Å². The third kappa shape index (κ3) is 6.04. The van der Waals surface area contributed by atoms with Gasteiger partial charge in [0, 0.05) is 55.1 Å². The molecule has 4 N–H and O–H groups in total. The van der Waals surface area contributed by atoms with Gasteiger partial charge in [-0.2, -0.15) is 0 Å². The normalized spacial score (nSPS) is 23.8. The van der Waals surface area contributed by atoms with E-state index in [1.807, 2.05) is 23.1 Å². The molecule has 2 aromatic carbocycles. The lowest BCUT2D eigenvalue weighted by Crippen LogP contribution is -2.58. The second kappa shape index (κ2) is 12.3. The van der Waals surface area contributed by atoms with Gasteiger partial charge in [0.1, 0.15) is 11.2 Å².